The van der Waals surface area contributed by atoms with Crippen molar-refractivity contribution in [3.63, 3.8) is 0 Å². The van der Waals surface area contributed by atoms with Crippen molar-refractivity contribution in [1.82, 2.24) is 0 Å². The fourth-order valence-corrected chi connectivity index (χ4v) is 2.40. The van der Waals surface area contributed by atoms with Crippen molar-refractivity contribution >= 4 is 27.0 Å². The van der Waals surface area contributed by atoms with Crippen LogP contribution in [0.3, 0.4) is 0 Å². The molecule has 2 heteroatoms. The number of rotatable bonds is 2. The molecule has 0 nitrogen and oxygen atoms in total. The minimum atomic E-state index is 0.529. The first-order valence-electron chi connectivity index (χ1n) is 5.19. The Morgan fingerprint density at radius 2 is 1.75 bits per heavy atom. The summed E-state index contributed by atoms with van der Waals surface area (Å²) in [6, 6.07) is 14.6. The van der Waals surface area contributed by atoms with Crippen molar-refractivity contribution in [2.45, 2.75) is 12.8 Å². The van der Waals surface area contributed by atoms with Gasteiger partial charge < -0.3 is 0 Å². The minimum absolute atomic E-state index is 0.529. The Labute approximate surface area is 105 Å². The minimum Gasteiger partial charge on any atom is -0.122 e. The molecule has 79 valence electrons. The quantitative estimate of drug-likeness (QED) is 0.561. The molecule has 0 saturated heterocycles. The van der Waals surface area contributed by atoms with Gasteiger partial charge in [-0.25, -0.2) is 0 Å². The highest BCUT2D eigenvalue weighted by molar-refractivity contribution is 6.36. The van der Waals surface area contributed by atoms with Crippen LogP contribution in [0.15, 0.2) is 42.5 Å². The van der Waals surface area contributed by atoms with E-state index < -0.39 is 0 Å². The van der Waals surface area contributed by atoms with E-state index in [0.717, 1.165) is 10.8 Å². The fraction of sp³-hybridized carbons (Fsp3) is 0.143. The summed E-state index contributed by atoms with van der Waals surface area (Å²) in [6.07, 6.45) is 0. The molecule has 3 radical (unpaired) electrons. The molecule has 0 amide bonds. The first kappa shape index (κ1) is 11.4. The summed E-state index contributed by atoms with van der Waals surface area (Å²) < 4.78 is 0. The van der Waals surface area contributed by atoms with Gasteiger partial charge in [-0.1, -0.05) is 53.2 Å². The summed E-state index contributed by atoms with van der Waals surface area (Å²) in [5.41, 5.74) is 4.81. The molecule has 2 aromatic carbocycles. The van der Waals surface area contributed by atoms with Crippen molar-refractivity contribution in [3.05, 3.63) is 53.6 Å². The van der Waals surface area contributed by atoms with E-state index in [2.05, 4.69) is 47.5 Å². The number of halogens is 1. The van der Waals surface area contributed by atoms with Crippen LogP contribution >= 0.6 is 11.6 Å². The van der Waals surface area contributed by atoms with Gasteiger partial charge in [0.15, 0.2) is 0 Å². The molecule has 0 atom stereocenters. The van der Waals surface area contributed by atoms with Crippen molar-refractivity contribution in [3.8, 4) is 11.1 Å². The van der Waals surface area contributed by atoms with Crippen LogP contribution in [0, 0.1) is 6.92 Å². The van der Waals surface area contributed by atoms with Gasteiger partial charge in [0.1, 0.15) is 0 Å². The van der Waals surface area contributed by atoms with Gasteiger partial charge >= 0.3 is 0 Å². The Morgan fingerprint density at radius 3 is 2.38 bits per heavy atom. The zero-order chi connectivity index (χ0) is 11.5. The highest BCUT2D eigenvalue weighted by Gasteiger charge is 2.06. The Balaban J connectivity index is 2.58. The van der Waals surface area contributed by atoms with Gasteiger partial charge in [0.25, 0.3) is 0 Å². The Kier molecular flexibility index (Phi) is 3.47. The topological polar surface area (TPSA) is 0 Å². The zero-order valence-corrected chi connectivity index (χ0v) is 10.9. The van der Waals surface area contributed by atoms with Crippen LogP contribution in [-0.2, 0) is 5.88 Å². The summed E-state index contributed by atoms with van der Waals surface area (Å²) in [5, 5.41) is 1.09. The highest BCUT2D eigenvalue weighted by atomic mass is 35.5. The second-order valence-corrected chi connectivity index (χ2v) is 4.65. The van der Waals surface area contributed by atoms with Gasteiger partial charge in [-0.05, 0) is 23.6 Å². The molecule has 2 rings (SSSR count). The zero-order valence-electron chi connectivity index (χ0n) is 9.13. The second kappa shape index (κ2) is 4.85. The van der Waals surface area contributed by atoms with Gasteiger partial charge in [-0.15, -0.1) is 11.6 Å². The molecule has 0 spiro atoms. The van der Waals surface area contributed by atoms with Crippen LogP contribution < -0.4 is 5.19 Å². The van der Waals surface area contributed by atoms with E-state index in [0.29, 0.717) is 5.88 Å². The maximum absolute atomic E-state index is 5.96. The number of hydrogen-bond donors (Lipinski definition) is 0. The monoisotopic (exact) mass is 243 g/mol. The van der Waals surface area contributed by atoms with E-state index in [4.69, 9.17) is 11.6 Å². The Bertz CT molecular complexity index is 489. The van der Waals surface area contributed by atoms with E-state index in [1.54, 1.807) is 0 Å². The first-order valence-corrected chi connectivity index (χ1v) is 6.22. The summed E-state index contributed by atoms with van der Waals surface area (Å²) in [4.78, 5) is 0. The SMILES string of the molecule is Cc1ccc(-c2c([Si])cccc2CCl)cc1. The Hall–Kier alpha value is -1.05. The van der Waals surface area contributed by atoms with E-state index in [1.807, 2.05) is 12.1 Å². The third-order valence-corrected chi connectivity index (χ3v) is 3.34. The summed E-state index contributed by atoms with van der Waals surface area (Å²) in [6.45, 7) is 2.09. The molecule has 0 heterocycles. The van der Waals surface area contributed by atoms with Crippen LogP contribution in [0.2, 0.25) is 0 Å². The summed E-state index contributed by atoms with van der Waals surface area (Å²) >= 11 is 5.96. The predicted octanol–water partition coefficient (Wildman–Crippen LogP) is 3.19. The molecular formula is C14H12ClSi. The molecule has 0 aliphatic rings. The van der Waals surface area contributed by atoms with Crippen molar-refractivity contribution < 1.29 is 0 Å². The summed E-state index contributed by atoms with van der Waals surface area (Å²) in [5.74, 6) is 0.529. The molecule has 0 aliphatic carbocycles. The number of aryl methyl sites for hydroxylation is 1. The lowest BCUT2D eigenvalue weighted by molar-refractivity contribution is 1.40. The van der Waals surface area contributed by atoms with Crippen molar-refractivity contribution in [2.75, 3.05) is 0 Å². The average molecular weight is 244 g/mol. The maximum atomic E-state index is 5.96. The molecule has 0 aromatic heterocycles. The van der Waals surface area contributed by atoms with Gasteiger partial charge in [0, 0.05) is 5.88 Å². The largest absolute Gasteiger partial charge is 0.122 e. The number of alkyl halides is 1. The van der Waals surface area contributed by atoms with E-state index >= 15 is 0 Å². The van der Waals surface area contributed by atoms with Crippen LogP contribution in [0.5, 0.6) is 0 Å². The van der Waals surface area contributed by atoms with Gasteiger partial charge in [-0.2, -0.15) is 0 Å². The molecule has 0 saturated carbocycles. The lowest BCUT2D eigenvalue weighted by Crippen LogP contribution is -2.08. The standard InChI is InChI=1S/C14H12ClSi/c1-10-5-7-11(8-6-10)14-12(9-15)3-2-4-13(14)16/h2-8H,9H2,1H3. The number of benzene rings is 2. The Morgan fingerprint density at radius 1 is 1.06 bits per heavy atom. The molecular weight excluding hydrogens is 232 g/mol. The van der Waals surface area contributed by atoms with Gasteiger partial charge in [0.2, 0.25) is 0 Å². The lowest BCUT2D eigenvalue weighted by Gasteiger charge is -2.11. The number of hydrogen-bond acceptors (Lipinski definition) is 0. The van der Waals surface area contributed by atoms with Crippen LogP contribution in [-0.4, -0.2) is 10.2 Å². The van der Waals surface area contributed by atoms with Crippen LogP contribution in [0.1, 0.15) is 11.1 Å². The second-order valence-electron chi connectivity index (χ2n) is 3.84. The molecule has 0 aliphatic heterocycles. The normalized spacial score (nSPS) is 10.4. The smallest absolute Gasteiger partial charge is 0.0720 e. The third kappa shape index (κ3) is 2.21. The average Bonchev–Trinajstić information content (AvgIpc) is 2.30. The predicted molar refractivity (Wildman–Crippen MR) is 71.6 cm³/mol. The van der Waals surface area contributed by atoms with Crippen LogP contribution in [0.4, 0.5) is 0 Å². The molecule has 0 unspecified atom stereocenters. The molecule has 0 N–H and O–H groups in total. The lowest BCUT2D eigenvalue weighted by atomic mass is 9.99. The van der Waals surface area contributed by atoms with E-state index in [9.17, 15) is 0 Å². The van der Waals surface area contributed by atoms with E-state index in [1.165, 1.54) is 16.7 Å². The van der Waals surface area contributed by atoms with E-state index in [-0.39, 0.29) is 0 Å². The summed E-state index contributed by atoms with van der Waals surface area (Å²) in [7, 11) is 3.64. The fourth-order valence-electron chi connectivity index (χ4n) is 1.77. The molecule has 0 bridgehead atoms. The highest BCUT2D eigenvalue weighted by Crippen LogP contribution is 2.23. The van der Waals surface area contributed by atoms with Gasteiger partial charge in [-0.3, -0.25) is 0 Å². The third-order valence-electron chi connectivity index (χ3n) is 2.63. The molecule has 2 aromatic rings. The van der Waals surface area contributed by atoms with Crippen molar-refractivity contribution in [1.29, 1.82) is 0 Å². The first-order chi connectivity index (χ1) is 7.72. The van der Waals surface area contributed by atoms with Gasteiger partial charge in [0.05, 0.1) is 10.2 Å². The molecule has 0 fully saturated rings. The molecule has 16 heavy (non-hydrogen) atoms. The maximum Gasteiger partial charge on any atom is 0.0720 e. The van der Waals surface area contributed by atoms with Crippen molar-refractivity contribution in [2.24, 2.45) is 0 Å². The van der Waals surface area contributed by atoms with Crippen LogP contribution in [0.25, 0.3) is 11.1 Å².